The highest BCUT2D eigenvalue weighted by Gasteiger charge is 2.40. The molecule has 2 heterocycles. The number of likely N-dealkylation sites (tertiary alicyclic amines) is 1. The summed E-state index contributed by atoms with van der Waals surface area (Å²) in [5.74, 6) is -0.761. The maximum absolute atomic E-state index is 13.2. The van der Waals surface area contributed by atoms with Crippen LogP contribution in [-0.4, -0.2) is 58.6 Å². The molecular weight excluding hydrogens is 707 g/mol. The van der Waals surface area contributed by atoms with Crippen LogP contribution in [0.1, 0.15) is 59.1 Å². The van der Waals surface area contributed by atoms with Crippen molar-refractivity contribution >= 4 is 17.9 Å². The van der Waals surface area contributed by atoms with Crippen LogP contribution in [0.2, 0.25) is 0 Å². The largest absolute Gasteiger partial charge is 0.445 e. The minimum absolute atomic E-state index is 0.0182. The molecular formula is C46H47N3O7. The van der Waals surface area contributed by atoms with Crippen molar-refractivity contribution in [2.24, 2.45) is 5.92 Å². The van der Waals surface area contributed by atoms with E-state index in [9.17, 15) is 19.5 Å². The predicted octanol–water partition coefficient (Wildman–Crippen LogP) is 7.32. The molecule has 0 spiro atoms. The number of aliphatic hydroxyl groups is 1. The first-order valence-electron chi connectivity index (χ1n) is 19.0. The molecule has 7 rings (SSSR count). The number of carbonyl (C=O) groups is 3. The van der Waals surface area contributed by atoms with E-state index in [2.05, 4.69) is 48.5 Å². The SMILES string of the molecule is CC1C(CN(C)Cc2ccccc2)OC(c2ccc(-c3cccc(CN4C(=O)CC(NC(=O)OCc5ccccc5)C4=O)c3)cc2)OC1c1ccc(CO)cc1. The number of rotatable bonds is 13. The Morgan fingerprint density at radius 3 is 2.14 bits per heavy atom. The molecule has 0 bridgehead atoms. The third-order valence-corrected chi connectivity index (χ3v) is 10.4. The topological polar surface area (TPSA) is 118 Å². The molecule has 10 heteroatoms. The summed E-state index contributed by atoms with van der Waals surface area (Å²) in [6.07, 6.45) is -1.81. The van der Waals surface area contributed by atoms with Crippen LogP contribution in [-0.2, 0) is 50.1 Å². The van der Waals surface area contributed by atoms with Crippen LogP contribution in [0.5, 0.6) is 0 Å². The van der Waals surface area contributed by atoms with Gasteiger partial charge < -0.3 is 24.6 Å². The van der Waals surface area contributed by atoms with Gasteiger partial charge >= 0.3 is 6.09 Å². The first-order chi connectivity index (χ1) is 27.2. The van der Waals surface area contributed by atoms with Gasteiger partial charge in [0.25, 0.3) is 5.91 Å². The Labute approximate surface area is 327 Å². The summed E-state index contributed by atoms with van der Waals surface area (Å²) in [4.78, 5) is 42.0. The van der Waals surface area contributed by atoms with Gasteiger partial charge in [-0.2, -0.15) is 0 Å². The molecule has 56 heavy (non-hydrogen) atoms. The van der Waals surface area contributed by atoms with Crippen molar-refractivity contribution in [2.45, 2.75) is 64.2 Å². The molecule has 0 aliphatic carbocycles. The fourth-order valence-electron chi connectivity index (χ4n) is 7.33. The van der Waals surface area contributed by atoms with E-state index in [-0.39, 0.29) is 50.2 Å². The first kappa shape index (κ1) is 38.6. The van der Waals surface area contributed by atoms with Gasteiger partial charge in [-0.3, -0.25) is 19.4 Å². The molecule has 0 aromatic heterocycles. The van der Waals surface area contributed by atoms with Crippen LogP contribution >= 0.6 is 0 Å². The molecule has 5 aromatic carbocycles. The zero-order valence-electron chi connectivity index (χ0n) is 31.6. The van der Waals surface area contributed by atoms with E-state index in [0.717, 1.165) is 45.5 Å². The second-order valence-electron chi connectivity index (χ2n) is 14.6. The summed E-state index contributed by atoms with van der Waals surface area (Å²) in [6, 6.07) is 42.4. The van der Waals surface area contributed by atoms with Crippen LogP contribution in [0.3, 0.4) is 0 Å². The second-order valence-corrected chi connectivity index (χ2v) is 14.6. The van der Waals surface area contributed by atoms with Crippen LogP contribution in [0, 0.1) is 5.92 Å². The minimum atomic E-state index is -0.975. The van der Waals surface area contributed by atoms with Crippen LogP contribution in [0.25, 0.3) is 11.1 Å². The zero-order chi connectivity index (χ0) is 39.0. The Morgan fingerprint density at radius 2 is 1.45 bits per heavy atom. The van der Waals surface area contributed by atoms with Crippen molar-refractivity contribution in [1.82, 2.24) is 15.1 Å². The molecule has 0 radical (unpaired) electrons. The number of hydrogen-bond acceptors (Lipinski definition) is 8. The van der Waals surface area contributed by atoms with Crippen molar-refractivity contribution in [1.29, 1.82) is 0 Å². The molecule has 10 nitrogen and oxygen atoms in total. The van der Waals surface area contributed by atoms with Gasteiger partial charge in [0.05, 0.1) is 31.8 Å². The summed E-state index contributed by atoms with van der Waals surface area (Å²) in [6.45, 7) is 3.80. The van der Waals surface area contributed by atoms with Crippen molar-refractivity contribution < 1.29 is 33.7 Å². The highest BCUT2D eigenvalue weighted by atomic mass is 16.7. The maximum atomic E-state index is 13.2. The molecule has 2 fully saturated rings. The predicted molar refractivity (Wildman–Crippen MR) is 211 cm³/mol. The lowest BCUT2D eigenvalue weighted by molar-refractivity contribution is -0.276. The number of nitrogens with zero attached hydrogens (tertiary/aromatic N) is 2. The van der Waals surface area contributed by atoms with E-state index in [1.54, 1.807) is 0 Å². The van der Waals surface area contributed by atoms with Gasteiger partial charge in [0.2, 0.25) is 5.91 Å². The van der Waals surface area contributed by atoms with Crippen LogP contribution in [0.15, 0.2) is 133 Å². The van der Waals surface area contributed by atoms with Gasteiger partial charge in [-0.1, -0.05) is 134 Å². The molecule has 5 unspecified atom stereocenters. The van der Waals surface area contributed by atoms with Gasteiger partial charge in [-0.15, -0.1) is 0 Å². The van der Waals surface area contributed by atoms with Gasteiger partial charge in [-0.25, -0.2) is 4.79 Å². The normalized spacial score (nSPS) is 21.0. The number of imide groups is 1. The van der Waals surface area contributed by atoms with E-state index < -0.39 is 24.3 Å². The molecule has 3 amide bonds. The van der Waals surface area contributed by atoms with Crippen molar-refractivity contribution in [3.63, 3.8) is 0 Å². The highest BCUT2D eigenvalue weighted by molar-refractivity contribution is 6.06. The average Bonchev–Trinajstić information content (AvgIpc) is 3.48. The third-order valence-electron chi connectivity index (χ3n) is 10.4. The fraction of sp³-hybridized carbons (Fsp3) is 0.283. The molecule has 288 valence electrons. The standard InChI is InChI=1S/C46H47N3O7/c1-31-41(28-48(2)26-32-10-5-3-6-11-32)55-45(56-43(31)37-18-16-33(29-50)17-19-37)38-22-20-36(21-23-38)39-15-9-14-35(24-39)27-49-42(51)25-40(44(49)52)47-46(53)54-30-34-12-7-4-8-13-34/h3-24,31,40-41,43,45,50H,25-30H2,1-2H3,(H,47,53). The van der Waals surface area contributed by atoms with E-state index >= 15 is 0 Å². The number of carbonyl (C=O) groups excluding carboxylic acids is 3. The number of ether oxygens (including phenoxy) is 3. The number of benzene rings is 5. The van der Waals surface area contributed by atoms with Crippen molar-refractivity contribution in [2.75, 3.05) is 13.6 Å². The van der Waals surface area contributed by atoms with Crippen molar-refractivity contribution in [3.8, 4) is 11.1 Å². The highest BCUT2D eigenvalue weighted by Crippen LogP contribution is 2.42. The second kappa shape index (κ2) is 17.9. The Morgan fingerprint density at radius 1 is 0.786 bits per heavy atom. The molecule has 5 aromatic rings. The monoisotopic (exact) mass is 753 g/mol. The number of hydrogen-bond donors (Lipinski definition) is 2. The number of likely N-dealkylation sites (N-methyl/N-ethyl adjacent to an activating group) is 1. The molecule has 2 aliphatic heterocycles. The van der Waals surface area contributed by atoms with E-state index in [4.69, 9.17) is 14.2 Å². The van der Waals surface area contributed by atoms with Gasteiger partial charge in [0.15, 0.2) is 6.29 Å². The average molecular weight is 754 g/mol. The Bertz CT molecular complexity index is 2090. The number of amides is 3. The van der Waals surface area contributed by atoms with Gasteiger partial charge in [0, 0.05) is 24.6 Å². The minimum Gasteiger partial charge on any atom is -0.445 e. The van der Waals surface area contributed by atoms with Crippen molar-refractivity contribution in [3.05, 3.63) is 167 Å². The third kappa shape index (κ3) is 9.41. The molecule has 5 atom stereocenters. The van der Waals surface area contributed by atoms with E-state index in [1.807, 2.05) is 109 Å². The maximum Gasteiger partial charge on any atom is 0.408 e. The quantitative estimate of drug-likeness (QED) is 0.120. The van der Waals surface area contributed by atoms with Gasteiger partial charge in [-0.05, 0) is 52.1 Å². The molecule has 2 N–H and O–H groups in total. The Kier molecular flexibility index (Phi) is 12.3. The lowest BCUT2D eigenvalue weighted by Gasteiger charge is -2.42. The van der Waals surface area contributed by atoms with Crippen LogP contribution < -0.4 is 5.32 Å². The Hall–Kier alpha value is -5.65. The number of alkyl carbamates (subject to hydrolysis) is 1. The summed E-state index contributed by atoms with van der Waals surface area (Å²) in [5.41, 5.74) is 7.49. The van der Waals surface area contributed by atoms with E-state index in [0.29, 0.717) is 6.54 Å². The molecule has 2 aliphatic rings. The summed E-state index contributed by atoms with van der Waals surface area (Å²) < 4.78 is 18.7. The summed E-state index contributed by atoms with van der Waals surface area (Å²) in [5, 5.41) is 12.2. The fourth-order valence-corrected chi connectivity index (χ4v) is 7.33. The lowest BCUT2D eigenvalue weighted by atomic mass is 9.90. The van der Waals surface area contributed by atoms with E-state index in [1.165, 1.54) is 10.5 Å². The van der Waals surface area contributed by atoms with Crippen LogP contribution in [0.4, 0.5) is 4.79 Å². The smallest absolute Gasteiger partial charge is 0.408 e. The number of nitrogens with one attached hydrogen (secondary N) is 1. The Balaban J connectivity index is 1.02. The summed E-state index contributed by atoms with van der Waals surface area (Å²) >= 11 is 0. The lowest BCUT2D eigenvalue weighted by Crippen LogP contribution is -2.43. The molecule has 2 saturated heterocycles. The zero-order valence-corrected chi connectivity index (χ0v) is 31.6. The molecule has 0 saturated carbocycles. The summed E-state index contributed by atoms with van der Waals surface area (Å²) in [7, 11) is 2.11. The number of aliphatic hydroxyl groups excluding tert-OH is 1. The first-order valence-corrected chi connectivity index (χ1v) is 19.0. The van der Waals surface area contributed by atoms with Gasteiger partial charge in [0.1, 0.15) is 12.6 Å².